The van der Waals surface area contributed by atoms with E-state index in [2.05, 4.69) is 10.7 Å². The summed E-state index contributed by atoms with van der Waals surface area (Å²) in [5, 5.41) is 4.73. The molecule has 0 bridgehead atoms. The van der Waals surface area contributed by atoms with Crippen molar-refractivity contribution < 1.29 is 27.5 Å². The molecule has 1 aliphatic rings. The maximum absolute atomic E-state index is 12.7. The van der Waals surface area contributed by atoms with E-state index in [-0.39, 0.29) is 17.9 Å². The summed E-state index contributed by atoms with van der Waals surface area (Å²) in [6.45, 7) is 0.649. The second-order valence-corrected chi connectivity index (χ2v) is 8.09. The average Bonchev–Trinajstić information content (AvgIpc) is 3.47. The Morgan fingerprint density at radius 1 is 0.971 bits per heavy atom. The third kappa shape index (κ3) is 5.74. The van der Waals surface area contributed by atoms with Crippen LogP contribution in [0.1, 0.15) is 28.8 Å². The van der Waals surface area contributed by atoms with Gasteiger partial charge in [0, 0.05) is 12.2 Å². The van der Waals surface area contributed by atoms with Gasteiger partial charge in [-0.1, -0.05) is 30.3 Å². The fourth-order valence-electron chi connectivity index (χ4n) is 3.79. The van der Waals surface area contributed by atoms with E-state index in [1.54, 1.807) is 12.1 Å². The van der Waals surface area contributed by atoms with E-state index in [0.29, 0.717) is 24.2 Å². The minimum atomic E-state index is -4.39. The van der Waals surface area contributed by atoms with E-state index in [9.17, 15) is 22.8 Å². The van der Waals surface area contributed by atoms with Crippen LogP contribution in [0.3, 0.4) is 0 Å². The Bertz CT molecular complexity index is 1190. The predicted octanol–water partition coefficient (Wildman–Crippen LogP) is 5.59. The lowest BCUT2D eigenvalue weighted by Crippen LogP contribution is -2.13. The minimum absolute atomic E-state index is 0.0847. The summed E-state index contributed by atoms with van der Waals surface area (Å²) in [6.07, 6.45) is -3.05. The number of carbonyl (C=O) groups is 2. The molecule has 2 N–H and O–H groups in total. The highest BCUT2D eigenvalue weighted by Crippen LogP contribution is 2.31. The SMILES string of the molecule is COC(=O)c1ccccc1-c1ccc(NCCCC2C(=O)N2Nc2ccc(C(F)(F)F)cc2)cc1. The molecule has 9 heteroatoms. The summed E-state index contributed by atoms with van der Waals surface area (Å²) < 4.78 is 42.8. The Balaban J connectivity index is 1.23. The van der Waals surface area contributed by atoms with Crippen LogP contribution < -0.4 is 10.7 Å². The van der Waals surface area contributed by atoms with Gasteiger partial charge in [0.25, 0.3) is 5.91 Å². The van der Waals surface area contributed by atoms with E-state index in [4.69, 9.17) is 4.74 Å². The summed E-state index contributed by atoms with van der Waals surface area (Å²) >= 11 is 0. The molecule has 1 saturated heterocycles. The summed E-state index contributed by atoms with van der Waals surface area (Å²) in [6, 6.07) is 19.2. The van der Waals surface area contributed by atoms with Gasteiger partial charge in [-0.2, -0.15) is 13.2 Å². The summed E-state index contributed by atoms with van der Waals surface area (Å²) in [7, 11) is 1.35. The number of halogens is 3. The second kappa shape index (κ2) is 10.1. The number of nitrogens with one attached hydrogen (secondary N) is 2. The number of amides is 1. The molecule has 3 aromatic rings. The van der Waals surface area contributed by atoms with Crippen molar-refractivity contribution in [1.82, 2.24) is 5.01 Å². The van der Waals surface area contributed by atoms with Gasteiger partial charge in [0.2, 0.25) is 0 Å². The predicted molar refractivity (Wildman–Crippen MR) is 127 cm³/mol. The number of esters is 1. The summed E-state index contributed by atoms with van der Waals surface area (Å²) in [4.78, 5) is 24.0. The van der Waals surface area contributed by atoms with Gasteiger partial charge in [-0.15, -0.1) is 0 Å². The van der Waals surface area contributed by atoms with Crippen molar-refractivity contribution in [3.05, 3.63) is 83.9 Å². The third-order valence-corrected chi connectivity index (χ3v) is 5.74. The van der Waals surface area contributed by atoms with Gasteiger partial charge in [0.05, 0.1) is 23.9 Å². The van der Waals surface area contributed by atoms with Gasteiger partial charge in [-0.25, -0.2) is 9.80 Å². The van der Waals surface area contributed by atoms with Crippen molar-refractivity contribution in [2.45, 2.75) is 25.1 Å². The van der Waals surface area contributed by atoms with Crippen LogP contribution in [0.2, 0.25) is 0 Å². The van der Waals surface area contributed by atoms with E-state index in [0.717, 1.165) is 35.4 Å². The fourth-order valence-corrected chi connectivity index (χ4v) is 3.79. The van der Waals surface area contributed by atoms with E-state index < -0.39 is 11.7 Å². The molecular weight excluding hydrogens is 459 g/mol. The Morgan fingerprint density at radius 3 is 2.29 bits per heavy atom. The molecule has 0 aliphatic carbocycles. The van der Waals surface area contributed by atoms with Gasteiger partial charge in [0.15, 0.2) is 0 Å². The summed E-state index contributed by atoms with van der Waals surface area (Å²) in [5.41, 5.74) is 5.64. The molecule has 1 atom stereocenters. The van der Waals surface area contributed by atoms with Gasteiger partial charge in [-0.05, 0) is 66.4 Å². The van der Waals surface area contributed by atoms with Crippen LogP contribution in [0, 0.1) is 0 Å². The number of ether oxygens (including phenoxy) is 1. The fraction of sp³-hybridized carbons (Fsp3) is 0.231. The lowest BCUT2D eigenvalue weighted by Gasteiger charge is -2.11. The normalized spacial score (nSPS) is 15.0. The maximum atomic E-state index is 12.7. The van der Waals surface area contributed by atoms with E-state index >= 15 is 0 Å². The zero-order valence-corrected chi connectivity index (χ0v) is 18.9. The van der Waals surface area contributed by atoms with Crippen LogP contribution >= 0.6 is 0 Å². The zero-order valence-electron chi connectivity index (χ0n) is 18.9. The number of hydrogen-bond donors (Lipinski definition) is 2. The molecule has 4 rings (SSSR count). The molecule has 3 aromatic carbocycles. The molecule has 0 radical (unpaired) electrons. The Hall–Kier alpha value is -4.01. The number of alkyl halides is 3. The van der Waals surface area contributed by atoms with Crippen molar-refractivity contribution in [2.24, 2.45) is 0 Å². The highest BCUT2D eigenvalue weighted by Gasteiger charge is 2.45. The molecular formula is C26H24F3N3O3. The number of anilines is 2. The molecule has 1 unspecified atom stereocenters. The van der Waals surface area contributed by atoms with Crippen LogP contribution in [0.15, 0.2) is 72.8 Å². The molecule has 0 spiro atoms. The van der Waals surface area contributed by atoms with Crippen molar-refractivity contribution in [2.75, 3.05) is 24.4 Å². The van der Waals surface area contributed by atoms with E-state index in [1.165, 1.54) is 24.3 Å². The number of carbonyl (C=O) groups excluding carboxylic acids is 2. The van der Waals surface area contributed by atoms with Crippen LogP contribution in [0.5, 0.6) is 0 Å². The molecule has 0 aromatic heterocycles. The van der Waals surface area contributed by atoms with Crippen LogP contribution in [0.25, 0.3) is 11.1 Å². The maximum Gasteiger partial charge on any atom is 0.416 e. The third-order valence-electron chi connectivity index (χ3n) is 5.74. The highest BCUT2D eigenvalue weighted by molar-refractivity contribution is 5.98. The number of rotatable bonds is 9. The largest absolute Gasteiger partial charge is 0.465 e. The van der Waals surface area contributed by atoms with Crippen molar-refractivity contribution >= 4 is 23.3 Å². The average molecular weight is 483 g/mol. The van der Waals surface area contributed by atoms with Gasteiger partial charge in [-0.3, -0.25) is 10.2 Å². The number of benzene rings is 3. The molecule has 1 aliphatic heterocycles. The Kier molecular flexibility index (Phi) is 6.95. The molecule has 35 heavy (non-hydrogen) atoms. The molecule has 1 heterocycles. The topological polar surface area (TPSA) is 70.4 Å². The highest BCUT2D eigenvalue weighted by atomic mass is 19.4. The first kappa shape index (κ1) is 24.1. The number of hydrazine groups is 1. The monoisotopic (exact) mass is 483 g/mol. The van der Waals surface area contributed by atoms with Gasteiger partial charge >= 0.3 is 12.1 Å². The van der Waals surface area contributed by atoms with Crippen LogP contribution in [-0.2, 0) is 15.7 Å². The van der Waals surface area contributed by atoms with Crippen LogP contribution in [0.4, 0.5) is 24.5 Å². The first-order chi connectivity index (χ1) is 16.8. The molecule has 1 amide bonds. The Labute approximate surface area is 200 Å². The smallest absolute Gasteiger partial charge is 0.416 e. The van der Waals surface area contributed by atoms with E-state index in [1.807, 2.05) is 36.4 Å². The van der Waals surface area contributed by atoms with Gasteiger partial charge < -0.3 is 10.1 Å². The second-order valence-electron chi connectivity index (χ2n) is 8.09. The summed E-state index contributed by atoms with van der Waals surface area (Å²) in [5.74, 6) is -0.474. The minimum Gasteiger partial charge on any atom is -0.465 e. The lowest BCUT2D eigenvalue weighted by molar-refractivity contribution is -0.137. The molecule has 0 saturated carbocycles. The molecule has 182 valence electrons. The molecule has 1 fully saturated rings. The molecule has 6 nitrogen and oxygen atoms in total. The van der Waals surface area contributed by atoms with Crippen molar-refractivity contribution in [1.29, 1.82) is 0 Å². The van der Waals surface area contributed by atoms with Crippen LogP contribution in [-0.4, -0.2) is 36.6 Å². The zero-order chi connectivity index (χ0) is 25.0. The van der Waals surface area contributed by atoms with Crippen molar-refractivity contribution in [3.8, 4) is 11.1 Å². The standard InChI is InChI=1S/C26H24F3N3O3/c1-35-25(34)22-6-3-2-5-21(22)17-8-12-19(13-9-17)30-16-4-7-23-24(33)32(23)31-20-14-10-18(11-15-20)26(27,28)29/h2-3,5-6,8-15,23,30-31H,4,7,16H2,1H3. The quantitative estimate of drug-likeness (QED) is 0.236. The van der Waals surface area contributed by atoms with Gasteiger partial charge in [0.1, 0.15) is 6.04 Å². The number of nitrogens with zero attached hydrogens (tertiary/aromatic N) is 1. The first-order valence-corrected chi connectivity index (χ1v) is 11.1. The number of hydrogen-bond acceptors (Lipinski definition) is 5. The Morgan fingerprint density at radius 2 is 1.63 bits per heavy atom. The number of methoxy groups -OCH3 is 1. The lowest BCUT2D eigenvalue weighted by atomic mass is 9.99. The first-order valence-electron chi connectivity index (χ1n) is 11.1. The van der Waals surface area contributed by atoms with Crippen molar-refractivity contribution in [3.63, 3.8) is 0 Å².